The lowest BCUT2D eigenvalue weighted by Gasteiger charge is -2.36. The van der Waals surface area contributed by atoms with Gasteiger partial charge in [0.15, 0.2) is 0 Å². The van der Waals surface area contributed by atoms with Crippen molar-refractivity contribution in [3.05, 3.63) is 45.9 Å². The van der Waals surface area contributed by atoms with Crippen molar-refractivity contribution in [3.8, 4) is 5.75 Å². The van der Waals surface area contributed by atoms with Gasteiger partial charge in [0.05, 0.1) is 29.8 Å². The van der Waals surface area contributed by atoms with Crippen LogP contribution >= 0.6 is 11.3 Å². The standard InChI is InChI=1S/C22H27N3O4S/c1-16-23-19(15-30-16)14-29-20-6-2-4-17(12-20)21(26)25-7-3-5-18(13-25)22(27)24-8-10-28-11-9-24/h2,4,6,12,15,18H,3,5,7-11,13-14H2,1H3. The molecule has 0 bridgehead atoms. The number of ether oxygens (including phenoxy) is 2. The van der Waals surface area contributed by atoms with E-state index in [1.54, 1.807) is 28.4 Å². The van der Waals surface area contributed by atoms with Gasteiger partial charge in [-0.15, -0.1) is 11.3 Å². The number of piperidine rings is 1. The quantitative estimate of drug-likeness (QED) is 0.731. The number of likely N-dealkylation sites (tertiary alicyclic amines) is 1. The molecule has 7 nitrogen and oxygen atoms in total. The minimum atomic E-state index is -0.131. The summed E-state index contributed by atoms with van der Waals surface area (Å²) in [6.45, 7) is 5.95. The number of carbonyl (C=O) groups excluding carboxylic acids is 2. The van der Waals surface area contributed by atoms with Crippen LogP contribution in [0.25, 0.3) is 0 Å². The van der Waals surface area contributed by atoms with Gasteiger partial charge in [-0.1, -0.05) is 6.07 Å². The lowest BCUT2D eigenvalue weighted by atomic mass is 9.95. The molecule has 2 fully saturated rings. The first-order chi connectivity index (χ1) is 14.6. The molecule has 0 aliphatic carbocycles. The Balaban J connectivity index is 1.37. The number of hydrogen-bond donors (Lipinski definition) is 0. The van der Waals surface area contributed by atoms with Crippen molar-refractivity contribution in [2.75, 3.05) is 39.4 Å². The Bertz CT molecular complexity index is 894. The number of thiazole rings is 1. The number of nitrogens with zero attached hydrogens (tertiary/aromatic N) is 3. The van der Waals surface area contributed by atoms with Crippen LogP contribution in [-0.2, 0) is 16.1 Å². The average Bonchev–Trinajstić information content (AvgIpc) is 3.22. The number of rotatable bonds is 5. The SMILES string of the molecule is Cc1nc(COc2cccc(C(=O)N3CCCC(C(=O)N4CCOCC4)C3)c2)cs1. The largest absolute Gasteiger partial charge is 0.487 e. The van der Waals surface area contributed by atoms with Crippen molar-refractivity contribution in [1.29, 1.82) is 0 Å². The second kappa shape index (κ2) is 9.57. The summed E-state index contributed by atoms with van der Waals surface area (Å²) in [5.41, 5.74) is 1.47. The van der Waals surface area contributed by atoms with Crippen LogP contribution in [-0.4, -0.2) is 66.0 Å². The average molecular weight is 430 g/mol. The van der Waals surface area contributed by atoms with Crippen LogP contribution in [0, 0.1) is 12.8 Å². The molecule has 2 aliphatic heterocycles. The molecule has 1 aromatic carbocycles. The third-order valence-corrected chi connectivity index (χ3v) is 6.34. The maximum Gasteiger partial charge on any atom is 0.254 e. The van der Waals surface area contributed by atoms with E-state index in [1.807, 2.05) is 29.3 Å². The monoisotopic (exact) mass is 429 g/mol. The van der Waals surface area contributed by atoms with Crippen molar-refractivity contribution in [1.82, 2.24) is 14.8 Å². The summed E-state index contributed by atoms with van der Waals surface area (Å²) in [7, 11) is 0. The Kier molecular flexibility index (Phi) is 6.64. The van der Waals surface area contributed by atoms with Crippen molar-refractivity contribution in [2.24, 2.45) is 5.92 Å². The molecule has 0 radical (unpaired) electrons. The molecular weight excluding hydrogens is 402 g/mol. The lowest BCUT2D eigenvalue weighted by Crippen LogP contribution is -2.49. The minimum Gasteiger partial charge on any atom is -0.487 e. The molecule has 8 heteroatoms. The maximum absolute atomic E-state index is 13.1. The number of hydrogen-bond acceptors (Lipinski definition) is 6. The fourth-order valence-electron chi connectivity index (χ4n) is 3.94. The van der Waals surface area contributed by atoms with Gasteiger partial charge in [-0.05, 0) is 38.0 Å². The summed E-state index contributed by atoms with van der Waals surface area (Å²) >= 11 is 1.59. The van der Waals surface area contributed by atoms with E-state index in [2.05, 4.69) is 4.98 Å². The number of benzene rings is 1. The highest BCUT2D eigenvalue weighted by molar-refractivity contribution is 7.09. The molecule has 2 amide bonds. The molecule has 1 atom stereocenters. The molecule has 4 rings (SSSR count). The molecule has 2 aliphatic rings. The van der Waals surface area contributed by atoms with Gasteiger partial charge < -0.3 is 19.3 Å². The second-order valence-corrected chi connectivity index (χ2v) is 8.76. The highest BCUT2D eigenvalue weighted by Crippen LogP contribution is 2.23. The van der Waals surface area contributed by atoms with E-state index < -0.39 is 0 Å². The predicted octanol–water partition coefficient (Wildman–Crippen LogP) is 2.74. The lowest BCUT2D eigenvalue weighted by molar-refractivity contribution is -0.141. The molecule has 2 aromatic rings. The highest BCUT2D eigenvalue weighted by Gasteiger charge is 2.32. The molecule has 0 N–H and O–H groups in total. The zero-order valence-corrected chi connectivity index (χ0v) is 18.0. The Morgan fingerprint density at radius 2 is 2.07 bits per heavy atom. The van der Waals surface area contributed by atoms with Crippen LogP contribution < -0.4 is 4.74 Å². The minimum absolute atomic E-state index is 0.0515. The zero-order valence-electron chi connectivity index (χ0n) is 17.2. The molecule has 0 saturated carbocycles. The van der Waals surface area contributed by atoms with E-state index in [0.717, 1.165) is 23.5 Å². The van der Waals surface area contributed by atoms with E-state index in [-0.39, 0.29) is 17.7 Å². The second-order valence-electron chi connectivity index (χ2n) is 7.70. The Morgan fingerprint density at radius 3 is 2.83 bits per heavy atom. The summed E-state index contributed by atoms with van der Waals surface area (Å²) in [6.07, 6.45) is 1.67. The van der Waals surface area contributed by atoms with E-state index in [9.17, 15) is 9.59 Å². The fraction of sp³-hybridized carbons (Fsp3) is 0.500. The van der Waals surface area contributed by atoms with Gasteiger partial charge in [-0.25, -0.2) is 4.98 Å². The van der Waals surface area contributed by atoms with Crippen LogP contribution in [0.2, 0.25) is 0 Å². The topological polar surface area (TPSA) is 72.0 Å². The van der Waals surface area contributed by atoms with Gasteiger partial charge in [-0.3, -0.25) is 9.59 Å². The van der Waals surface area contributed by atoms with Crippen molar-refractivity contribution in [3.63, 3.8) is 0 Å². The Morgan fingerprint density at radius 1 is 1.23 bits per heavy atom. The molecule has 2 saturated heterocycles. The fourth-order valence-corrected chi connectivity index (χ4v) is 4.54. The van der Waals surface area contributed by atoms with Gasteiger partial charge >= 0.3 is 0 Å². The molecule has 30 heavy (non-hydrogen) atoms. The van der Waals surface area contributed by atoms with Crippen LogP contribution in [0.3, 0.4) is 0 Å². The van der Waals surface area contributed by atoms with Crippen molar-refractivity contribution >= 4 is 23.2 Å². The van der Waals surface area contributed by atoms with E-state index in [0.29, 0.717) is 57.3 Å². The van der Waals surface area contributed by atoms with Crippen LogP contribution in [0.4, 0.5) is 0 Å². The smallest absolute Gasteiger partial charge is 0.254 e. The summed E-state index contributed by atoms with van der Waals surface area (Å²) in [6, 6.07) is 7.25. The Hall–Kier alpha value is -2.45. The molecule has 1 unspecified atom stereocenters. The third-order valence-electron chi connectivity index (χ3n) is 5.51. The van der Waals surface area contributed by atoms with Gasteiger partial charge in [0.25, 0.3) is 5.91 Å². The van der Waals surface area contributed by atoms with Crippen molar-refractivity contribution < 1.29 is 19.1 Å². The summed E-state index contributed by atoms with van der Waals surface area (Å²) < 4.78 is 11.2. The molecule has 0 spiro atoms. The zero-order chi connectivity index (χ0) is 20.9. The van der Waals surface area contributed by atoms with Gasteiger partial charge in [0.1, 0.15) is 12.4 Å². The third kappa shape index (κ3) is 4.99. The molecule has 1 aromatic heterocycles. The first-order valence-corrected chi connectivity index (χ1v) is 11.3. The van der Waals surface area contributed by atoms with Crippen LogP contribution in [0.5, 0.6) is 5.75 Å². The molecule has 160 valence electrons. The molecule has 3 heterocycles. The maximum atomic E-state index is 13.1. The van der Waals surface area contributed by atoms with Gasteiger partial charge in [-0.2, -0.15) is 0 Å². The number of morpholine rings is 1. The summed E-state index contributed by atoms with van der Waals surface area (Å²) in [4.78, 5) is 34.0. The van der Waals surface area contributed by atoms with Crippen LogP contribution in [0.15, 0.2) is 29.6 Å². The van der Waals surface area contributed by atoms with Gasteiger partial charge in [0, 0.05) is 37.1 Å². The summed E-state index contributed by atoms with van der Waals surface area (Å²) in [5, 5.41) is 2.98. The number of aryl methyl sites for hydroxylation is 1. The first-order valence-electron chi connectivity index (χ1n) is 10.4. The van der Waals surface area contributed by atoms with Crippen LogP contribution in [0.1, 0.15) is 33.9 Å². The number of carbonyl (C=O) groups is 2. The normalized spacial score (nSPS) is 19.6. The number of amides is 2. The predicted molar refractivity (Wildman–Crippen MR) is 114 cm³/mol. The molecular formula is C22H27N3O4S. The van der Waals surface area contributed by atoms with E-state index in [4.69, 9.17) is 9.47 Å². The van der Waals surface area contributed by atoms with Crippen molar-refractivity contribution in [2.45, 2.75) is 26.4 Å². The highest BCUT2D eigenvalue weighted by atomic mass is 32.1. The first kappa shape index (κ1) is 20.8. The van der Waals surface area contributed by atoms with E-state index >= 15 is 0 Å². The van der Waals surface area contributed by atoms with E-state index in [1.165, 1.54) is 0 Å². The number of aromatic nitrogens is 1. The Labute approximate surface area is 180 Å². The van der Waals surface area contributed by atoms with Gasteiger partial charge in [0.2, 0.25) is 5.91 Å². The summed E-state index contributed by atoms with van der Waals surface area (Å²) in [5.74, 6) is 0.605.